The summed E-state index contributed by atoms with van der Waals surface area (Å²) in [6.07, 6.45) is 2.23. The summed E-state index contributed by atoms with van der Waals surface area (Å²) in [5.74, 6) is -3.34. The number of ether oxygens (including phenoxy) is 1. The number of alkyl halides is 2. The number of methoxy groups -OCH3 is 1. The Morgan fingerprint density at radius 2 is 1.93 bits per heavy atom. The van der Waals surface area contributed by atoms with Crippen molar-refractivity contribution < 1.29 is 31.1 Å². The molecule has 162 valence electrons. The van der Waals surface area contributed by atoms with Crippen molar-refractivity contribution >= 4 is 21.6 Å². The van der Waals surface area contributed by atoms with Gasteiger partial charge in [-0.2, -0.15) is 19.0 Å². The molecular weight excluding hydrogens is 425 g/mol. The van der Waals surface area contributed by atoms with Gasteiger partial charge in [-0.15, -0.1) is 0 Å². The van der Waals surface area contributed by atoms with Crippen LogP contribution in [0.15, 0.2) is 41.6 Å². The number of sulfone groups is 1. The highest BCUT2D eigenvalue weighted by molar-refractivity contribution is 7.92. The van der Waals surface area contributed by atoms with Gasteiger partial charge in [0, 0.05) is 19.0 Å². The van der Waals surface area contributed by atoms with Gasteiger partial charge in [0.25, 0.3) is 0 Å². The Hall–Kier alpha value is -2.89. The fraction of sp³-hybridized carbons (Fsp3) is 0.389. The van der Waals surface area contributed by atoms with E-state index in [4.69, 9.17) is 4.74 Å². The number of carbonyl (C=O) groups is 1. The van der Waals surface area contributed by atoms with Crippen molar-refractivity contribution in [3.8, 4) is 5.75 Å². The van der Waals surface area contributed by atoms with Crippen molar-refractivity contribution in [2.75, 3.05) is 25.5 Å². The van der Waals surface area contributed by atoms with Crippen LogP contribution in [0.25, 0.3) is 0 Å². The second-order valence-electron chi connectivity index (χ2n) is 6.66. The van der Waals surface area contributed by atoms with Gasteiger partial charge in [-0.3, -0.25) is 0 Å². The Morgan fingerprint density at radius 3 is 2.53 bits per heavy atom. The van der Waals surface area contributed by atoms with E-state index in [2.05, 4.69) is 15.5 Å². The van der Waals surface area contributed by atoms with Crippen LogP contribution >= 0.6 is 0 Å². The highest BCUT2D eigenvalue weighted by atomic mass is 32.2. The average molecular weight is 444 g/mol. The van der Waals surface area contributed by atoms with Gasteiger partial charge in [-0.25, -0.2) is 17.6 Å². The number of halogens is 3. The monoisotopic (exact) mass is 444 g/mol. The fourth-order valence-corrected chi connectivity index (χ4v) is 4.90. The Balaban J connectivity index is 1.73. The molecule has 1 saturated heterocycles. The Bertz CT molecular complexity index is 1010. The molecule has 1 aliphatic heterocycles. The van der Waals surface area contributed by atoms with Crippen LogP contribution in [0.4, 0.5) is 23.7 Å². The van der Waals surface area contributed by atoms with Gasteiger partial charge < -0.3 is 15.0 Å². The number of nitrogens with one attached hydrogen (secondary N) is 1. The predicted molar refractivity (Wildman–Crippen MR) is 100 cm³/mol. The van der Waals surface area contributed by atoms with Gasteiger partial charge in [0.1, 0.15) is 4.90 Å². The van der Waals surface area contributed by atoms with E-state index in [1.165, 1.54) is 23.4 Å². The number of aromatic nitrogens is 2. The van der Waals surface area contributed by atoms with Crippen molar-refractivity contribution in [1.82, 2.24) is 15.1 Å². The lowest BCUT2D eigenvalue weighted by atomic mass is 9.97. The average Bonchev–Trinajstić information content (AvgIpc) is 2.74. The lowest BCUT2D eigenvalue weighted by molar-refractivity contribution is 0.000297. The molecule has 2 heterocycles. The molecular formula is C18H19F3N4O4S. The lowest BCUT2D eigenvalue weighted by Gasteiger charge is -2.35. The number of nitrogens with zero attached hydrogens (tertiary/aromatic N) is 3. The number of anilines is 1. The number of likely N-dealkylation sites (tertiary alicyclic amines) is 1. The number of amides is 2. The molecule has 1 N–H and O–H groups in total. The first-order valence-electron chi connectivity index (χ1n) is 8.96. The summed E-state index contributed by atoms with van der Waals surface area (Å²) in [6, 6.07) is 3.84. The van der Waals surface area contributed by atoms with Crippen LogP contribution in [0.3, 0.4) is 0 Å². The summed E-state index contributed by atoms with van der Waals surface area (Å²) < 4.78 is 73.8. The molecule has 8 nitrogen and oxygen atoms in total. The number of para-hydroxylation sites is 1. The number of hydrogen-bond donors (Lipinski definition) is 1. The van der Waals surface area contributed by atoms with Crippen molar-refractivity contribution in [1.29, 1.82) is 0 Å². The first-order chi connectivity index (χ1) is 14.2. The molecule has 2 amide bonds. The van der Waals surface area contributed by atoms with E-state index in [-0.39, 0.29) is 25.9 Å². The summed E-state index contributed by atoms with van der Waals surface area (Å²) >= 11 is 0. The maximum atomic E-state index is 15.0. The Morgan fingerprint density at radius 1 is 1.23 bits per heavy atom. The summed E-state index contributed by atoms with van der Waals surface area (Å²) in [4.78, 5) is 12.7. The van der Waals surface area contributed by atoms with E-state index in [0.717, 1.165) is 25.3 Å². The quantitative estimate of drug-likeness (QED) is 0.761. The molecule has 0 radical (unpaired) electrons. The van der Waals surface area contributed by atoms with Crippen LogP contribution in [0.1, 0.15) is 12.8 Å². The molecule has 30 heavy (non-hydrogen) atoms. The van der Waals surface area contributed by atoms with E-state index in [0.29, 0.717) is 5.69 Å². The third-order valence-electron chi connectivity index (χ3n) is 4.88. The molecule has 12 heteroatoms. The molecule has 3 rings (SSSR count). The zero-order chi connectivity index (χ0) is 21.9. The molecule has 1 fully saturated rings. The number of rotatable bonds is 5. The standard InChI is InChI=1S/C18H19F3N4O4S/c1-29-16-14(19)3-2-4-15(16)30(27,28)18(20,21)12-6-9-25(10-7-12)17(26)24-13-5-8-22-23-11-13/h2-5,8,11-12H,6-7,9-10H2,1H3,(H,22,24,26). The minimum absolute atomic E-state index is 0.0690. The summed E-state index contributed by atoms with van der Waals surface area (Å²) in [5, 5.41) is 5.60. The maximum absolute atomic E-state index is 15.0. The van der Waals surface area contributed by atoms with Gasteiger partial charge in [0.05, 0.1) is 25.2 Å². The summed E-state index contributed by atoms with van der Waals surface area (Å²) in [6.45, 7) is -0.138. The maximum Gasteiger partial charge on any atom is 0.353 e. The van der Waals surface area contributed by atoms with E-state index < -0.39 is 43.5 Å². The van der Waals surface area contributed by atoms with Crippen molar-refractivity contribution in [2.24, 2.45) is 5.92 Å². The minimum Gasteiger partial charge on any atom is -0.492 e. The molecule has 0 bridgehead atoms. The van der Waals surface area contributed by atoms with Gasteiger partial charge in [0.15, 0.2) is 11.6 Å². The number of hydrogen-bond acceptors (Lipinski definition) is 6. The molecule has 2 aromatic rings. The molecule has 0 aliphatic carbocycles. The van der Waals surface area contributed by atoms with E-state index >= 15 is 0 Å². The molecule has 0 atom stereocenters. The summed E-state index contributed by atoms with van der Waals surface area (Å²) in [5.41, 5.74) is 0.392. The van der Waals surface area contributed by atoms with Crippen molar-refractivity contribution in [3.05, 3.63) is 42.5 Å². The van der Waals surface area contributed by atoms with Gasteiger partial charge in [0.2, 0.25) is 9.84 Å². The fourth-order valence-electron chi connectivity index (χ4n) is 3.25. The predicted octanol–water partition coefficient (Wildman–Crippen LogP) is 2.93. The van der Waals surface area contributed by atoms with E-state index in [9.17, 15) is 26.4 Å². The van der Waals surface area contributed by atoms with Crippen LogP contribution in [0.5, 0.6) is 5.75 Å². The zero-order valence-corrected chi connectivity index (χ0v) is 16.7. The van der Waals surface area contributed by atoms with Crippen molar-refractivity contribution in [2.45, 2.75) is 23.0 Å². The van der Waals surface area contributed by atoms with Crippen molar-refractivity contribution in [3.63, 3.8) is 0 Å². The van der Waals surface area contributed by atoms with Crippen LogP contribution in [-0.2, 0) is 9.84 Å². The molecule has 0 spiro atoms. The first kappa shape index (κ1) is 21.8. The zero-order valence-electron chi connectivity index (χ0n) is 15.9. The van der Waals surface area contributed by atoms with E-state index in [1.54, 1.807) is 0 Å². The van der Waals surface area contributed by atoms with Gasteiger partial charge >= 0.3 is 11.3 Å². The third kappa shape index (κ3) is 4.04. The van der Waals surface area contributed by atoms with Crippen LogP contribution in [-0.4, -0.2) is 55.0 Å². The normalized spacial score (nSPS) is 15.7. The largest absolute Gasteiger partial charge is 0.492 e. The molecule has 1 aromatic carbocycles. The van der Waals surface area contributed by atoms with Gasteiger partial charge in [-0.1, -0.05) is 6.07 Å². The third-order valence-corrected chi connectivity index (χ3v) is 6.83. The van der Waals surface area contributed by atoms with Crippen LogP contribution in [0.2, 0.25) is 0 Å². The molecule has 1 aliphatic rings. The Kier molecular flexibility index (Phi) is 6.15. The van der Waals surface area contributed by atoms with Crippen LogP contribution < -0.4 is 10.1 Å². The molecule has 0 saturated carbocycles. The number of urea groups is 1. The molecule has 0 unspecified atom stereocenters. The van der Waals surface area contributed by atoms with E-state index in [1.807, 2.05) is 0 Å². The second-order valence-corrected chi connectivity index (χ2v) is 8.65. The second kappa shape index (κ2) is 8.46. The van der Waals surface area contributed by atoms with Crippen LogP contribution in [0, 0.1) is 11.7 Å². The highest BCUT2D eigenvalue weighted by Gasteiger charge is 2.54. The Labute approximate surface area is 171 Å². The number of piperidine rings is 1. The number of benzene rings is 1. The summed E-state index contributed by atoms with van der Waals surface area (Å²) in [7, 11) is -4.22. The number of carbonyl (C=O) groups excluding carboxylic acids is 1. The first-order valence-corrected chi connectivity index (χ1v) is 10.4. The minimum atomic E-state index is -5.22. The highest BCUT2D eigenvalue weighted by Crippen LogP contribution is 2.43. The SMILES string of the molecule is COc1c(F)cccc1S(=O)(=O)C(F)(F)C1CCN(C(=O)Nc2ccnnc2)CC1. The smallest absolute Gasteiger partial charge is 0.353 e. The lowest BCUT2D eigenvalue weighted by Crippen LogP contribution is -2.47. The molecule has 1 aromatic heterocycles. The topological polar surface area (TPSA) is 101 Å². The van der Waals surface area contributed by atoms with Gasteiger partial charge in [-0.05, 0) is 31.0 Å².